The summed E-state index contributed by atoms with van der Waals surface area (Å²) in [5.74, 6) is 0.0371. The van der Waals surface area contributed by atoms with E-state index in [0.717, 1.165) is 16.7 Å². The van der Waals surface area contributed by atoms with Crippen molar-refractivity contribution in [2.45, 2.75) is 6.54 Å². The van der Waals surface area contributed by atoms with Gasteiger partial charge in [-0.3, -0.25) is 0 Å². The Bertz CT molecular complexity index is 455. The number of anilines is 1. The monoisotopic (exact) mass is 240 g/mol. The lowest BCUT2D eigenvalue weighted by Crippen LogP contribution is -2.14. The van der Waals surface area contributed by atoms with E-state index in [-0.39, 0.29) is 5.75 Å². The van der Waals surface area contributed by atoms with E-state index >= 15 is 0 Å². The summed E-state index contributed by atoms with van der Waals surface area (Å²) in [6.07, 6.45) is 0. The number of para-hydroxylation sites is 1. The molecule has 1 aromatic rings. The van der Waals surface area contributed by atoms with Gasteiger partial charge in [0.25, 0.3) is 0 Å². The van der Waals surface area contributed by atoms with Gasteiger partial charge in [-0.15, -0.1) is 0 Å². The molecule has 0 fully saturated rings. The molecule has 5 heteroatoms. The van der Waals surface area contributed by atoms with Gasteiger partial charge in [0, 0.05) is 24.2 Å². The predicted octanol–water partition coefficient (Wildman–Crippen LogP) is 1.12. The summed E-state index contributed by atoms with van der Waals surface area (Å²) in [6.45, 7) is 4.04. The minimum Gasteiger partial charge on any atom is -0.384 e. The highest BCUT2D eigenvalue weighted by atomic mass is 32.2. The molecule has 4 nitrogen and oxygen atoms in total. The third kappa shape index (κ3) is 3.67. The molecule has 0 aliphatic carbocycles. The average molecular weight is 240 g/mol. The Balaban J connectivity index is 2.58. The zero-order valence-corrected chi connectivity index (χ0v) is 9.83. The van der Waals surface area contributed by atoms with Gasteiger partial charge in [-0.2, -0.15) is 0 Å². The highest BCUT2D eigenvalue weighted by Gasteiger charge is 2.05. The molecule has 16 heavy (non-hydrogen) atoms. The van der Waals surface area contributed by atoms with Gasteiger partial charge in [0.2, 0.25) is 0 Å². The first-order chi connectivity index (χ1) is 7.59. The van der Waals surface area contributed by atoms with Crippen molar-refractivity contribution in [3.8, 4) is 0 Å². The van der Waals surface area contributed by atoms with E-state index in [1.807, 2.05) is 24.3 Å². The van der Waals surface area contributed by atoms with Gasteiger partial charge < -0.3 is 11.1 Å². The smallest absolute Gasteiger partial charge is 0.172 e. The van der Waals surface area contributed by atoms with Gasteiger partial charge in [0.05, 0.1) is 5.75 Å². The van der Waals surface area contributed by atoms with Crippen LogP contribution in [0.5, 0.6) is 0 Å². The summed E-state index contributed by atoms with van der Waals surface area (Å²) in [4.78, 5) is 0. The first-order valence-electron chi connectivity index (χ1n) is 4.96. The van der Waals surface area contributed by atoms with Crippen LogP contribution >= 0.6 is 0 Å². The van der Waals surface area contributed by atoms with Crippen molar-refractivity contribution in [3.05, 3.63) is 41.8 Å². The average Bonchev–Trinajstić information content (AvgIpc) is 2.29. The first kappa shape index (κ1) is 12.7. The Morgan fingerprint density at radius 1 is 1.38 bits per heavy atom. The van der Waals surface area contributed by atoms with Gasteiger partial charge >= 0.3 is 0 Å². The van der Waals surface area contributed by atoms with E-state index in [2.05, 4.69) is 11.9 Å². The molecule has 0 radical (unpaired) electrons. The van der Waals surface area contributed by atoms with E-state index < -0.39 is 9.84 Å². The summed E-state index contributed by atoms with van der Waals surface area (Å²) in [5, 5.41) is 4.02. The number of nitrogens with two attached hydrogens (primary N) is 1. The molecule has 0 unspecified atom stereocenters. The third-order valence-corrected chi connectivity index (χ3v) is 3.47. The Morgan fingerprint density at radius 3 is 2.69 bits per heavy atom. The summed E-state index contributed by atoms with van der Waals surface area (Å²) < 4.78 is 22.3. The fraction of sp³-hybridized carbons (Fsp3) is 0.273. The molecule has 0 aromatic heterocycles. The minimum atomic E-state index is -3.14. The summed E-state index contributed by atoms with van der Waals surface area (Å²) in [7, 11) is -3.14. The van der Waals surface area contributed by atoms with Gasteiger partial charge in [0.15, 0.2) is 9.84 Å². The molecule has 0 aliphatic heterocycles. The van der Waals surface area contributed by atoms with Crippen molar-refractivity contribution in [1.29, 1.82) is 0 Å². The molecule has 0 bridgehead atoms. The topological polar surface area (TPSA) is 72.2 Å². The fourth-order valence-corrected chi connectivity index (χ4v) is 1.84. The number of hydrogen-bond acceptors (Lipinski definition) is 4. The largest absolute Gasteiger partial charge is 0.384 e. The van der Waals surface area contributed by atoms with Crippen molar-refractivity contribution >= 4 is 15.5 Å². The lowest BCUT2D eigenvalue weighted by Gasteiger charge is -2.09. The van der Waals surface area contributed by atoms with E-state index in [1.165, 1.54) is 0 Å². The van der Waals surface area contributed by atoms with E-state index in [1.54, 1.807) is 0 Å². The van der Waals surface area contributed by atoms with Crippen LogP contribution in [0.15, 0.2) is 36.3 Å². The third-order valence-electron chi connectivity index (χ3n) is 2.19. The van der Waals surface area contributed by atoms with Gasteiger partial charge in [-0.1, -0.05) is 24.8 Å². The number of benzene rings is 1. The number of nitrogens with one attached hydrogen (secondary N) is 1. The van der Waals surface area contributed by atoms with Crippen molar-refractivity contribution < 1.29 is 8.42 Å². The Morgan fingerprint density at radius 2 is 2.06 bits per heavy atom. The van der Waals surface area contributed by atoms with Crippen LogP contribution in [-0.2, 0) is 16.4 Å². The van der Waals surface area contributed by atoms with Crippen LogP contribution < -0.4 is 11.1 Å². The van der Waals surface area contributed by atoms with Crippen molar-refractivity contribution in [2.24, 2.45) is 5.73 Å². The SMILES string of the molecule is C=CS(=O)(=O)CCNc1ccccc1CN. The Labute approximate surface area is 96.1 Å². The molecule has 0 atom stereocenters. The lowest BCUT2D eigenvalue weighted by atomic mass is 10.2. The maximum atomic E-state index is 11.2. The molecule has 1 rings (SSSR count). The molecule has 0 heterocycles. The van der Waals surface area contributed by atoms with Crippen molar-refractivity contribution in [2.75, 3.05) is 17.6 Å². The Kier molecular flexibility index (Phi) is 4.52. The minimum absolute atomic E-state index is 0.0371. The number of sulfone groups is 1. The molecular formula is C11H16N2O2S. The van der Waals surface area contributed by atoms with Crippen molar-refractivity contribution in [1.82, 2.24) is 0 Å². The molecule has 3 N–H and O–H groups in total. The Hall–Kier alpha value is -1.33. The molecule has 1 aromatic carbocycles. The summed E-state index contributed by atoms with van der Waals surface area (Å²) in [6, 6.07) is 7.56. The number of hydrogen-bond donors (Lipinski definition) is 2. The zero-order chi connectivity index (χ0) is 12.0. The first-order valence-corrected chi connectivity index (χ1v) is 6.67. The zero-order valence-electron chi connectivity index (χ0n) is 9.02. The van der Waals surface area contributed by atoms with Crippen LogP contribution in [0.3, 0.4) is 0 Å². The fourth-order valence-electron chi connectivity index (χ4n) is 1.28. The van der Waals surface area contributed by atoms with E-state index in [9.17, 15) is 8.42 Å². The predicted molar refractivity (Wildman–Crippen MR) is 66.8 cm³/mol. The normalized spacial score (nSPS) is 11.1. The van der Waals surface area contributed by atoms with Gasteiger partial charge in [-0.05, 0) is 11.6 Å². The highest BCUT2D eigenvalue weighted by molar-refractivity contribution is 7.94. The second-order valence-corrected chi connectivity index (χ2v) is 5.39. The van der Waals surface area contributed by atoms with Crippen LogP contribution in [0.4, 0.5) is 5.69 Å². The van der Waals surface area contributed by atoms with Crippen molar-refractivity contribution in [3.63, 3.8) is 0 Å². The molecule has 0 saturated carbocycles. The van der Waals surface area contributed by atoms with E-state index in [0.29, 0.717) is 13.1 Å². The lowest BCUT2D eigenvalue weighted by molar-refractivity contribution is 0.605. The maximum Gasteiger partial charge on any atom is 0.172 e. The molecule has 0 amide bonds. The summed E-state index contributed by atoms with van der Waals surface area (Å²) in [5.41, 5.74) is 7.41. The van der Waals surface area contributed by atoms with Crippen LogP contribution in [0, 0.1) is 0 Å². The quantitative estimate of drug-likeness (QED) is 0.781. The van der Waals surface area contributed by atoms with Crippen LogP contribution in [0.25, 0.3) is 0 Å². The van der Waals surface area contributed by atoms with Crippen LogP contribution in [-0.4, -0.2) is 20.7 Å². The van der Waals surface area contributed by atoms with Gasteiger partial charge in [-0.25, -0.2) is 8.42 Å². The highest BCUT2D eigenvalue weighted by Crippen LogP contribution is 2.13. The van der Waals surface area contributed by atoms with Crippen LogP contribution in [0.2, 0.25) is 0 Å². The second-order valence-electron chi connectivity index (χ2n) is 3.32. The van der Waals surface area contributed by atoms with Crippen LogP contribution in [0.1, 0.15) is 5.56 Å². The number of rotatable bonds is 6. The molecule has 0 saturated heterocycles. The molecule has 0 aliphatic rings. The molecule has 88 valence electrons. The standard InChI is InChI=1S/C11H16N2O2S/c1-2-16(14,15)8-7-13-11-6-4-3-5-10(11)9-12/h2-6,13H,1,7-9,12H2. The second kappa shape index (κ2) is 5.67. The summed E-state index contributed by atoms with van der Waals surface area (Å²) >= 11 is 0. The van der Waals surface area contributed by atoms with E-state index in [4.69, 9.17) is 5.73 Å². The maximum absolute atomic E-state index is 11.2. The molecule has 0 spiro atoms. The van der Waals surface area contributed by atoms with Gasteiger partial charge in [0.1, 0.15) is 0 Å². The molecular weight excluding hydrogens is 224 g/mol.